The third-order valence-electron chi connectivity index (χ3n) is 5.16. The molecule has 0 spiro atoms. The van der Waals surface area contributed by atoms with Crippen LogP contribution in [0.15, 0.2) is 54.6 Å². The normalized spacial score (nSPS) is 28.4. The number of aliphatic hydroxyl groups is 1. The van der Waals surface area contributed by atoms with Crippen LogP contribution in [0.2, 0.25) is 0 Å². The van der Waals surface area contributed by atoms with E-state index < -0.39 is 11.1 Å². The fraction of sp³-hybridized carbons (Fsp3) is 0.263. The summed E-state index contributed by atoms with van der Waals surface area (Å²) in [4.78, 5) is 26.1. The first-order chi connectivity index (χ1) is 11.4. The minimum atomic E-state index is -1.72. The summed E-state index contributed by atoms with van der Waals surface area (Å²) >= 11 is 0. The molecule has 24 heavy (non-hydrogen) atoms. The summed E-state index contributed by atoms with van der Waals surface area (Å²) in [6.07, 6.45) is -0.0563. The molecule has 2 aromatic rings. The van der Waals surface area contributed by atoms with Crippen LogP contribution < -0.4 is 0 Å². The van der Waals surface area contributed by atoms with E-state index in [2.05, 4.69) is 0 Å². The summed E-state index contributed by atoms with van der Waals surface area (Å²) < 4.78 is 0. The summed E-state index contributed by atoms with van der Waals surface area (Å²) in [6.45, 7) is 0. The number of Topliss-reactive ketones (excluding diaryl/α,β-unsaturated/α-hetero) is 1. The summed E-state index contributed by atoms with van der Waals surface area (Å²) in [6, 6.07) is 16.1. The van der Waals surface area contributed by atoms with Crippen LogP contribution in [0.4, 0.5) is 0 Å². The van der Waals surface area contributed by atoms with Gasteiger partial charge in [0.15, 0.2) is 11.5 Å². The molecule has 1 saturated heterocycles. The third kappa shape index (κ3) is 1.51. The van der Waals surface area contributed by atoms with Crippen LogP contribution >= 0.6 is 0 Å². The SMILES string of the molecule is CN(C)N1C(=O)C[C@@]2(c3ccccc3)C(=O)c3ccccc3[C@@]12O. The molecule has 2 aliphatic rings. The number of nitrogens with zero attached hydrogens (tertiary/aromatic N) is 2. The second-order valence-electron chi connectivity index (χ2n) is 6.55. The second-order valence-corrected chi connectivity index (χ2v) is 6.55. The number of ketones is 1. The lowest BCUT2D eigenvalue weighted by Gasteiger charge is -2.42. The number of carbonyl (C=O) groups excluding carboxylic acids is 2. The molecule has 1 fully saturated rings. The lowest BCUT2D eigenvalue weighted by Crippen LogP contribution is -2.57. The van der Waals surface area contributed by atoms with E-state index in [-0.39, 0.29) is 18.1 Å². The highest BCUT2D eigenvalue weighted by atomic mass is 16.3. The molecular formula is C19H18N2O3. The quantitative estimate of drug-likeness (QED) is 0.914. The number of hydrogen-bond acceptors (Lipinski definition) is 4. The molecule has 2 aromatic carbocycles. The summed E-state index contributed by atoms with van der Waals surface area (Å²) in [5.41, 5.74) is -1.42. The number of hydrazine groups is 1. The van der Waals surface area contributed by atoms with Crippen molar-refractivity contribution in [2.24, 2.45) is 0 Å². The fourth-order valence-corrected chi connectivity index (χ4v) is 4.25. The molecule has 122 valence electrons. The molecule has 1 amide bonds. The largest absolute Gasteiger partial charge is 0.365 e. The monoisotopic (exact) mass is 322 g/mol. The third-order valence-corrected chi connectivity index (χ3v) is 5.16. The highest BCUT2D eigenvalue weighted by Gasteiger charge is 2.73. The van der Waals surface area contributed by atoms with Crippen molar-refractivity contribution >= 4 is 11.7 Å². The van der Waals surface area contributed by atoms with Gasteiger partial charge in [-0.15, -0.1) is 0 Å². The van der Waals surface area contributed by atoms with Gasteiger partial charge in [0, 0.05) is 25.2 Å². The Morgan fingerprint density at radius 2 is 1.62 bits per heavy atom. The predicted molar refractivity (Wildman–Crippen MR) is 87.9 cm³/mol. The minimum absolute atomic E-state index is 0.0563. The van der Waals surface area contributed by atoms with Crippen LogP contribution in [-0.2, 0) is 15.9 Å². The molecule has 0 bridgehead atoms. The van der Waals surface area contributed by atoms with Gasteiger partial charge in [0.1, 0.15) is 5.41 Å². The van der Waals surface area contributed by atoms with Crippen LogP contribution in [0.5, 0.6) is 0 Å². The summed E-state index contributed by atoms with van der Waals surface area (Å²) in [7, 11) is 3.39. The Morgan fingerprint density at radius 3 is 2.29 bits per heavy atom. The maximum Gasteiger partial charge on any atom is 0.241 e. The minimum Gasteiger partial charge on any atom is -0.365 e. The van der Waals surface area contributed by atoms with Gasteiger partial charge in [-0.3, -0.25) is 9.59 Å². The highest BCUT2D eigenvalue weighted by Crippen LogP contribution is 2.59. The number of rotatable bonds is 2. The zero-order chi connectivity index (χ0) is 17.1. The Kier molecular flexibility index (Phi) is 2.98. The zero-order valence-corrected chi connectivity index (χ0v) is 13.6. The Hall–Kier alpha value is -2.50. The molecule has 1 heterocycles. The number of hydrogen-bond donors (Lipinski definition) is 1. The van der Waals surface area contributed by atoms with E-state index in [1.165, 1.54) is 5.01 Å². The van der Waals surface area contributed by atoms with Gasteiger partial charge < -0.3 is 5.11 Å². The van der Waals surface area contributed by atoms with Crippen LogP contribution in [0.1, 0.15) is 27.9 Å². The van der Waals surface area contributed by atoms with Crippen LogP contribution in [-0.4, -0.2) is 40.9 Å². The first-order valence-corrected chi connectivity index (χ1v) is 7.87. The highest BCUT2D eigenvalue weighted by molar-refractivity contribution is 6.14. The molecule has 0 radical (unpaired) electrons. The number of fused-ring (bicyclic) bond motifs is 3. The molecule has 4 rings (SSSR count). The number of carbonyl (C=O) groups is 2. The lowest BCUT2D eigenvalue weighted by atomic mass is 9.71. The van der Waals surface area contributed by atoms with Crippen molar-refractivity contribution in [3.8, 4) is 0 Å². The summed E-state index contributed by atoms with van der Waals surface area (Å²) in [5, 5.41) is 14.7. The molecule has 1 N–H and O–H groups in total. The van der Waals surface area contributed by atoms with Crippen molar-refractivity contribution in [3.63, 3.8) is 0 Å². The topological polar surface area (TPSA) is 60.9 Å². The Bertz CT molecular complexity index is 849. The molecule has 0 aromatic heterocycles. The zero-order valence-electron chi connectivity index (χ0n) is 13.6. The molecule has 0 unspecified atom stereocenters. The van der Waals surface area contributed by atoms with Gasteiger partial charge >= 0.3 is 0 Å². The maximum absolute atomic E-state index is 13.4. The molecule has 0 saturated carbocycles. The van der Waals surface area contributed by atoms with Gasteiger partial charge in [0.25, 0.3) is 0 Å². The standard InChI is InChI=1S/C19H18N2O3/c1-20(2)21-16(22)12-18(13-8-4-3-5-9-13)17(23)14-10-6-7-11-15(14)19(18,21)24/h3-11,24H,12H2,1-2H3/t18-,19+/m1/s1. The first kappa shape index (κ1) is 15.1. The Balaban J connectivity index is 2.09. The first-order valence-electron chi connectivity index (χ1n) is 7.87. The lowest BCUT2D eigenvalue weighted by molar-refractivity contribution is -0.200. The molecule has 5 nitrogen and oxygen atoms in total. The van der Waals surface area contributed by atoms with E-state index in [4.69, 9.17) is 0 Å². The Labute approximate surface area is 140 Å². The van der Waals surface area contributed by atoms with Crippen molar-refractivity contribution in [3.05, 3.63) is 71.3 Å². The van der Waals surface area contributed by atoms with Gasteiger partial charge in [0.2, 0.25) is 5.91 Å². The van der Waals surface area contributed by atoms with E-state index in [1.54, 1.807) is 55.5 Å². The van der Waals surface area contributed by atoms with Gasteiger partial charge in [-0.2, -0.15) is 0 Å². The second kappa shape index (κ2) is 4.75. The van der Waals surface area contributed by atoms with Crippen molar-refractivity contribution < 1.29 is 14.7 Å². The van der Waals surface area contributed by atoms with Crippen molar-refractivity contribution in [2.75, 3.05) is 14.1 Å². The van der Waals surface area contributed by atoms with Crippen molar-refractivity contribution in [1.29, 1.82) is 0 Å². The molecule has 1 aliphatic heterocycles. The van der Waals surface area contributed by atoms with E-state index in [0.717, 1.165) is 0 Å². The fourth-order valence-electron chi connectivity index (χ4n) is 4.25. The Morgan fingerprint density at radius 1 is 1.00 bits per heavy atom. The van der Waals surface area contributed by atoms with Crippen LogP contribution in [0, 0.1) is 0 Å². The van der Waals surface area contributed by atoms with E-state index in [9.17, 15) is 14.7 Å². The van der Waals surface area contributed by atoms with E-state index in [1.807, 2.05) is 18.2 Å². The predicted octanol–water partition coefficient (Wildman–Crippen LogP) is 1.67. The molecular weight excluding hydrogens is 304 g/mol. The molecule has 2 atom stereocenters. The number of benzene rings is 2. The van der Waals surface area contributed by atoms with E-state index >= 15 is 0 Å². The number of amides is 1. The molecule has 1 aliphatic carbocycles. The smallest absolute Gasteiger partial charge is 0.241 e. The van der Waals surface area contributed by atoms with Gasteiger partial charge in [-0.25, -0.2) is 10.0 Å². The van der Waals surface area contributed by atoms with Gasteiger partial charge in [-0.1, -0.05) is 54.6 Å². The van der Waals surface area contributed by atoms with Crippen molar-refractivity contribution in [2.45, 2.75) is 17.6 Å². The molecule has 5 heteroatoms. The maximum atomic E-state index is 13.4. The average molecular weight is 322 g/mol. The van der Waals surface area contributed by atoms with Gasteiger partial charge in [0.05, 0.1) is 6.42 Å². The van der Waals surface area contributed by atoms with Crippen molar-refractivity contribution in [1.82, 2.24) is 10.0 Å². The van der Waals surface area contributed by atoms with Crippen LogP contribution in [0.3, 0.4) is 0 Å². The average Bonchev–Trinajstić information content (AvgIpc) is 2.93. The van der Waals surface area contributed by atoms with E-state index in [0.29, 0.717) is 16.7 Å². The summed E-state index contributed by atoms with van der Waals surface area (Å²) in [5.74, 6) is -0.473. The van der Waals surface area contributed by atoms with Gasteiger partial charge in [-0.05, 0) is 5.56 Å². The van der Waals surface area contributed by atoms with Crippen LogP contribution in [0.25, 0.3) is 0 Å².